The van der Waals surface area contributed by atoms with Crippen LogP contribution in [0.3, 0.4) is 0 Å². The molecule has 1 fully saturated rings. The molecule has 2 aromatic rings. The van der Waals surface area contributed by atoms with Crippen molar-refractivity contribution >= 4 is 11.7 Å². The molecule has 1 aromatic carbocycles. The zero-order valence-electron chi connectivity index (χ0n) is 17.3. The summed E-state index contributed by atoms with van der Waals surface area (Å²) in [5, 5.41) is 12.1. The Bertz CT molecular complexity index is 811. The minimum Gasteiger partial charge on any atom is -0.497 e. The molecule has 1 aromatic heterocycles. The van der Waals surface area contributed by atoms with Gasteiger partial charge in [0.2, 0.25) is 0 Å². The van der Waals surface area contributed by atoms with Crippen LogP contribution in [0.4, 0.5) is 10.5 Å². The van der Waals surface area contributed by atoms with Gasteiger partial charge in [-0.05, 0) is 49.9 Å². The third kappa shape index (κ3) is 4.71. The summed E-state index contributed by atoms with van der Waals surface area (Å²) in [4.78, 5) is 15.0. The second kappa shape index (κ2) is 9.29. The van der Waals surface area contributed by atoms with Crippen LogP contribution >= 0.6 is 0 Å². The van der Waals surface area contributed by atoms with Gasteiger partial charge in [-0.15, -0.1) is 10.2 Å². The maximum absolute atomic E-state index is 13.3. The highest BCUT2D eigenvalue weighted by Gasteiger charge is 2.24. The molecule has 4 rings (SSSR count). The fourth-order valence-corrected chi connectivity index (χ4v) is 4.35. The number of aromatic nitrogens is 3. The highest BCUT2D eigenvalue weighted by atomic mass is 16.5. The lowest BCUT2D eigenvalue weighted by Crippen LogP contribution is -2.45. The van der Waals surface area contributed by atoms with Gasteiger partial charge >= 0.3 is 6.03 Å². The number of benzene rings is 1. The number of methoxy groups -OCH3 is 1. The summed E-state index contributed by atoms with van der Waals surface area (Å²) >= 11 is 0. The molecule has 156 valence electrons. The molecule has 0 bridgehead atoms. The maximum atomic E-state index is 13.3. The first-order valence-electron chi connectivity index (χ1n) is 10.9. The number of anilines is 1. The van der Waals surface area contributed by atoms with Gasteiger partial charge < -0.3 is 14.6 Å². The number of amides is 2. The number of hydrogen-bond donors (Lipinski definition) is 1. The fourth-order valence-electron chi connectivity index (χ4n) is 4.35. The van der Waals surface area contributed by atoms with E-state index in [2.05, 4.69) is 20.1 Å². The molecule has 1 aliphatic heterocycles. The molecule has 0 unspecified atom stereocenters. The van der Waals surface area contributed by atoms with Crippen molar-refractivity contribution in [3.63, 3.8) is 0 Å². The van der Waals surface area contributed by atoms with Crippen LogP contribution in [-0.4, -0.2) is 33.9 Å². The van der Waals surface area contributed by atoms with Crippen LogP contribution in [-0.2, 0) is 19.5 Å². The van der Waals surface area contributed by atoms with Crippen LogP contribution in [0.5, 0.6) is 5.75 Å². The number of rotatable bonds is 5. The van der Waals surface area contributed by atoms with E-state index in [1.807, 2.05) is 24.3 Å². The van der Waals surface area contributed by atoms with E-state index in [1.165, 1.54) is 25.7 Å². The first kappa shape index (κ1) is 19.7. The Morgan fingerprint density at radius 1 is 1.10 bits per heavy atom. The highest BCUT2D eigenvalue weighted by Crippen LogP contribution is 2.24. The number of carbonyl (C=O) groups excluding carboxylic acids is 1. The summed E-state index contributed by atoms with van der Waals surface area (Å²) in [6.07, 6.45) is 10.2. The number of aryl methyl sites for hydroxylation is 1. The second-order valence-electron chi connectivity index (χ2n) is 8.06. The first-order chi connectivity index (χ1) is 14.2. The van der Waals surface area contributed by atoms with Crippen molar-refractivity contribution < 1.29 is 9.53 Å². The van der Waals surface area contributed by atoms with Crippen LogP contribution in [0.1, 0.15) is 63.0 Å². The summed E-state index contributed by atoms with van der Waals surface area (Å²) in [5.41, 5.74) is 0.838. The topological polar surface area (TPSA) is 72.3 Å². The summed E-state index contributed by atoms with van der Waals surface area (Å²) in [6, 6.07) is 7.83. The van der Waals surface area contributed by atoms with Crippen LogP contribution < -0.4 is 15.0 Å². The molecular formula is C22H31N5O2. The van der Waals surface area contributed by atoms with Crippen molar-refractivity contribution in [1.82, 2.24) is 20.1 Å². The highest BCUT2D eigenvalue weighted by molar-refractivity contribution is 5.92. The van der Waals surface area contributed by atoms with E-state index in [1.54, 1.807) is 12.0 Å². The van der Waals surface area contributed by atoms with E-state index >= 15 is 0 Å². The molecule has 1 saturated carbocycles. The predicted molar refractivity (Wildman–Crippen MR) is 112 cm³/mol. The van der Waals surface area contributed by atoms with Gasteiger partial charge in [-0.3, -0.25) is 4.90 Å². The molecule has 1 aliphatic carbocycles. The summed E-state index contributed by atoms with van der Waals surface area (Å²) in [5.74, 6) is 2.68. The van der Waals surface area contributed by atoms with Crippen molar-refractivity contribution in [2.75, 3.05) is 12.0 Å². The van der Waals surface area contributed by atoms with Gasteiger partial charge in [0.1, 0.15) is 11.6 Å². The number of nitrogens with one attached hydrogen (secondary N) is 1. The number of nitrogens with zero attached hydrogens (tertiary/aromatic N) is 4. The average Bonchev–Trinajstić information content (AvgIpc) is 2.98. The minimum atomic E-state index is -0.0620. The number of carbonyl (C=O) groups is 1. The van der Waals surface area contributed by atoms with E-state index in [0.29, 0.717) is 6.54 Å². The first-order valence-corrected chi connectivity index (χ1v) is 10.9. The Labute approximate surface area is 172 Å². The third-order valence-corrected chi connectivity index (χ3v) is 6.05. The van der Waals surface area contributed by atoms with Crippen LogP contribution in [0, 0.1) is 0 Å². The summed E-state index contributed by atoms with van der Waals surface area (Å²) in [7, 11) is 1.65. The molecule has 0 radical (unpaired) electrons. The van der Waals surface area contributed by atoms with Gasteiger partial charge in [0.25, 0.3) is 0 Å². The molecule has 2 amide bonds. The molecule has 7 heteroatoms. The Hall–Kier alpha value is -2.57. The molecule has 7 nitrogen and oxygen atoms in total. The van der Waals surface area contributed by atoms with Crippen molar-refractivity contribution in [2.24, 2.45) is 0 Å². The van der Waals surface area contributed by atoms with Gasteiger partial charge in [-0.2, -0.15) is 0 Å². The maximum Gasteiger partial charge on any atom is 0.322 e. The summed E-state index contributed by atoms with van der Waals surface area (Å²) in [6.45, 7) is 1.34. The third-order valence-electron chi connectivity index (χ3n) is 6.05. The normalized spacial score (nSPS) is 17.3. The van der Waals surface area contributed by atoms with Crippen LogP contribution in [0.2, 0.25) is 0 Å². The van der Waals surface area contributed by atoms with Crippen molar-refractivity contribution in [1.29, 1.82) is 0 Å². The molecule has 1 N–H and O–H groups in total. The molecule has 29 heavy (non-hydrogen) atoms. The Morgan fingerprint density at radius 3 is 2.62 bits per heavy atom. The van der Waals surface area contributed by atoms with Crippen LogP contribution in [0.15, 0.2) is 24.3 Å². The number of fused-ring (bicyclic) bond motifs is 1. The predicted octanol–water partition coefficient (Wildman–Crippen LogP) is 4.06. The molecule has 2 aliphatic rings. The van der Waals surface area contributed by atoms with Crippen molar-refractivity contribution in [3.05, 3.63) is 35.9 Å². The lowest BCUT2D eigenvalue weighted by Gasteiger charge is -2.28. The zero-order chi connectivity index (χ0) is 20.1. The Balaban J connectivity index is 1.57. The van der Waals surface area contributed by atoms with E-state index < -0.39 is 0 Å². The quantitative estimate of drug-likeness (QED) is 0.826. The van der Waals surface area contributed by atoms with Gasteiger partial charge in [0, 0.05) is 24.7 Å². The molecule has 0 saturated heterocycles. The number of urea groups is 1. The standard InChI is InChI=1S/C22H31N5O2/c1-29-19-13-11-18(12-14-19)27(22(28)23-17-8-4-2-5-9-17)16-21-25-24-20-10-6-3-7-15-26(20)21/h11-14,17H,2-10,15-16H2,1H3,(H,23,28). The molecular weight excluding hydrogens is 366 g/mol. The minimum absolute atomic E-state index is 0.0620. The van der Waals surface area contributed by atoms with Crippen LogP contribution in [0.25, 0.3) is 0 Å². The zero-order valence-corrected chi connectivity index (χ0v) is 17.3. The largest absolute Gasteiger partial charge is 0.497 e. The van der Waals surface area contributed by atoms with E-state index in [4.69, 9.17) is 4.74 Å². The molecule has 2 heterocycles. The monoisotopic (exact) mass is 397 g/mol. The lowest BCUT2D eigenvalue weighted by atomic mass is 9.96. The second-order valence-corrected chi connectivity index (χ2v) is 8.06. The van der Waals surface area contributed by atoms with Crippen molar-refractivity contribution in [3.8, 4) is 5.75 Å². The fraction of sp³-hybridized carbons (Fsp3) is 0.591. The SMILES string of the molecule is COc1ccc(N(Cc2nnc3n2CCCCC3)C(=O)NC2CCCCC2)cc1. The number of ether oxygens (including phenoxy) is 1. The van der Waals surface area contributed by atoms with Crippen molar-refractivity contribution in [2.45, 2.75) is 76.9 Å². The Morgan fingerprint density at radius 2 is 1.86 bits per heavy atom. The van der Waals surface area contributed by atoms with Gasteiger partial charge in [0.05, 0.1) is 13.7 Å². The van der Waals surface area contributed by atoms with E-state index in [0.717, 1.165) is 61.7 Å². The van der Waals surface area contributed by atoms with Gasteiger partial charge in [-0.1, -0.05) is 25.7 Å². The molecule has 0 atom stereocenters. The van der Waals surface area contributed by atoms with Gasteiger partial charge in [0.15, 0.2) is 5.82 Å². The van der Waals surface area contributed by atoms with Gasteiger partial charge in [-0.25, -0.2) is 4.79 Å². The lowest BCUT2D eigenvalue weighted by molar-refractivity contribution is 0.237. The van der Waals surface area contributed by atoms with E-state index in [-0.39, 0.29) is 12.1 Å². The Kier molecular flexibility index (Phi) is 6.32. The van der Waals surface area contributed by atoms with E-state index in [9.17, 15) is 4.79 Å². The smallest absolute Gasteiger partial charge is 0.322 e. The average molecular weight is 398 g/mol. The summed E-state index contributed by atoms with van der Waals surface area (Å²) < 4.78 is 7.49. The number of hydrogen-bond acceptors (Lipinski definition) is 4. The molecule has 0 spiro atoms.